The van der Waals surface area contributed by atoms with Crippen LogP contribution in [0.3, 0.4) is 0 Å². The molecule has 3 aliphatic heterocycles. The van der Waals surface area contributed by atoms with Gasteiger partial charge in [0.2, 0.25) is 65.0 Å². The Kier molecular flexibility index (Phi) is 31.2. The lowest BCUT2D eigenvalue weighted by molar-refractivity contribution is -0.155. The van der Waals surface area contributed by atoms with Crippen LogP contribution in [0.1, 0.15) is 150 Å². The molecule has 3 aliphatic rings. The Hall–Kier alpha value is -6.47. The lowest BCUT2D eigenvalue weighted by Gasteiger charge is -2.41. The van der Waals surface area contributed by atoms with Crippen LogP contribution in [0, 0.1) is 29.6 Å². The molecular formula is C68H119N13O12. The Morgan fingerprint density at radius 2 is 1.00 bits per heavy atom. The van der Waals surface area contributed by atoms with Gasteiger partial charge in [-0.1, -0.05) is 81.0 Å². The van der Waals surface area contributed by atoms with Gasteiger partial charge in [-0.25, -0.2) is 0 Å². The standard InChI is InChI=1S/C68H119N13O12/c1-26-28-29-43(13)57-56-61(85)71-49(27-2)64(88)73(19)47(17)63(87)77(23)54(44(14)37-80-30-32-81(33-31-80)42(11)12)60(84)72-53(41(9)10)67(91)74(20)50(34-38(3)4)59(83)69-45(15)58(82)70-46(16)62(86)75(21)51(35-39(5)6)65(89)76(22)52(36-40(7)8)66(90)78(24)55(48(18)93-57)68(92)79(56)25/h26,28,38-40,42-57H,9,27,29-37H2,1-8,10-25H3,(H,69,83)(H,70,82)(H,71,85)(H,72,84). The fraction of sp³-hybridized carbons (Fsp3) is 0.779. The van der Waals surface area contributed by atoms with E-state index in [0.717, 1.165) is 13.1 Å². The quantitative estimate of drug-likeness (QED) is 0.172. The van der Waals surface area contributed by atoms with Gasteiger partial charge in [-0.2, -0.15) is 0 Å². The van der Waals surface area contributed by atoms with Gasteiger partial charge in [0.25, 0.3) is 0 Å². The van der Waals surface area contributed by atoms with Crippen molar-refractivity contribution < 1.29 is 57.5 Å². The number of ether oxygens (including phenoxy) is 1. The van der Waals surface area contributed by atoms with Crippen LogP contribution >= 0.6 is 0 Å². The summed E-state index contributed by atoms with van der Waals surface area (Å²) in [6, 6.07) is -13.4. The Morgan fingerprint density at radius 1 is 0.516 bits per heavy atom. The first-order valence-corrected chi connectivity index (χ1v) is 33.6. The van der Waals surface area contributed by atoms with Gasteiger partial charge in [0.15, 0.2) is 0 Å². The maximum absolute atomic E-state index is 15.3. The molecule has 0 aromatic heterocycles. The van der Waals surface area contributed by atoms with Crippen molar-refractivity contribution in [3.05, 3.63) is 24.3 Å². The molecule has 15 atom stereocenters. The number of rotatable bonds is 15. The van der Waals surface area contributed by atoms with Crippen molar-refractivity contribution in [3.8, 4) is 0 Å². The minimum absolute atomic E-state index is 0.0566. The monoisotopic (exact) mass is 1310 g/mol. The van der Waals surface area contributed by atoms with E-state index in [9.17, 15) is 24.0 Å². The molecule has 528 valence electrons. The Bertz CT molecular complexity index is 2660. The number of hydrogen-bond donors (Lipinski definition) is 4. The fourth-order valence-electron chi connectivity index (χ4n) is 12.9. The second kappa shape index (κ2) is 35.9. The van der Waals surface area contributed by atoms with Crippen molar-refractivity contribution in [3.63, 3.8) is 0 Å². The first-order chi connectivity index (χ1) is 43.2. The van der Waals surface area contributed by atoms with Crippen molar-refractivity contribution >= 4 is 65.0 Å². The van der Waals surface area contributed by atoms with Crippen LogP contribution < -0.4 is 21.3 Å². The van der Waals surface area contributed by atoms with Gasteiger partial charge in [-0.15, -0.1) is 0 Å². The Morgan fingerprint density at radius 3 is 1.49 bits per heavy atom. The molecule has 93 heavy (non-hydrogen) atoms. The van der Waals surface area contributed by atoms with E-state index in [1.807, 2.05) is 74.5 Å². The molecule has 3 saturated heterocycles. The number of likely N-dealkylation sites (N-methyl/N-ethyl adjacent to an activating group) is 7. The molecule has 0 aromatic carbocycles. The third kappa shape index (κ3) is 20.8. The molecule has 25 heteroatoms. The van der Waals surface area contributed by atoms with Crippen LogP contribution in [0.25, 0.3) is 0 Å². The molecule has 4 N–H and O–H groups in total. The van der Waals surface area contributed by atoms with E-state index < -0.39 is 155 Å². The number of carbonyl (C=O) groups excluding carboxylic acids is 11. The zero-order valence-corrected chi connectivity index (χ0v) is 60.8. The van der Waals surface area contributed by atoms with Crippen LogP contribution in [-0.4, -0.2) is 276 Å². The van der Waals surface area contributed by atoms with Crippen molar-refractivity contribution in [2.24, 2.45) is 29.6 Å². The lowest BCUT2D eigenvalue weighted by atomic mass is 9.92. The SMILES string of the molecule is C=C(C)C1NC(=O)C(C(C)CN2CCN(C(C)C)CC2)N(C)C(=O)C(C)N(C)C(=O)C(CC)NC(=O)C2C(C(C)CC=CC)OC(C)C(C(=O)N2C)N(C)C(=O)C(CC(C)C)N(C)C(=O)C(CC(C)C)N(C)C(=O)C(C)NC(=O)C(C)NC(=O)C(CC(C)C)N(C)C1=O. The minimum atomic E-state index is -1.40. The van der Waals surface area contributed by atoms with Crippen LogP contribution in [-0.2, 0) is 57.5 Å². The number of nitrogens with zero attached hydrogens (tertiary/aromatic N) is 9. The summed E-state index contributed by atoms with van der Waals surface area (Å²) in [6.07, 6.45) is 2.70. The molecule has 3 fully saturated rings. The minimum Gasteiger partial charge on any atom is -0.370 e. The highest BCUT2D eigenvalue weighted by atomic mass is 16.5. The summed E-state index contributed by atoms with van der Waals surface area (Å²) in [4.78, 5) is 177. The van der Waals surface area contributed by atoms with E-state index in [2.05, 4.69) is 51.5 Å². The Balaban J connectivity index is 2.34. The van der Waals surface area contributed by atoms with E-state index in [1.54, 1.807) is 20.8 Å². The Labute approximate surface area is 556 Å². The number of amides is 11. The summed E-state index contributed by atoms with van der Waals surface area (Å²) in [5.74, 6) is -8.70. The summed E-state index contributed by atoms with van der Waals surface area (Å²) < 4.78 is 6.80. The van der Waals surface area contributed by atoms with Crippen molar-refractivity contribution in [1.29, 1.82) is 0 Å². The number of hydrogen-bond acceptors (Lipinski definition) is 14. The maximum atomic E-state index is 15.3. The maximum Gasteiger partial charge on any atom is 0.249 e. The highest BCUT2D eigenvalue weighted by Gasteiger charge is 2.51. The molecular weight excluding hydrogens is 1190 g/mol. The number of allylic oxidation sites excluding steroid dienone is 2. The van der Waals surface area contributed by atoms with Crippen LogP contribution in [0.15, 0.2) is 24.3 Å². The molecule has 0 aromatic rings. The molecule has 3 heterocycles. The van der Waals surface area contributed by atoms with Crippen molar-refractivity contribution in [1.82, 2.24) is 65.4 Å². The average molecular weight is 1310 g/mol. The third-order valence-corrected chi connectivity index (χ3v) is 19.0. The molecule has 3 rings (SSSR count). The van der Waals surface area contributed by atoms with Gasteiger partial charge < -0.3 is 65.2 Å². The smallest absolute Gasteiger partial charge is 0.249 e. The topological polar surface area (TPSA) is 274 Å². The molecule has 0 radical (unpaired) electrons. The van der Waals surface area contributed by atoms with Gasteiger partial charge in [0.1, 0.15) is 66.5 Å². The number of fused-ring (bicyclic) bond motifs is 3. The zero-order chi connectivity index (χ0) is 71.1. The number of nitrogens with one attached hydrogen (secondary N) is 4. The molecule has 15 unspecified atom stereocenters. The average Bonchev–Trinajstić information content (AvgIpc) is 1.73. The lowest BCUT2D eigenvalue weighted by Crippen LogP contribution is -2.62. The second-order valence-corrected chi connectivity index (χ2v) is 28.3. The van der Waals surface area contributed by atoms with Gasteiger partial charge in [-0.3, -0.25) is 57.6 Å². The van der Waals surface area contributed by atoms with Crippen LogP contribution in [0.5, 0.6) is 0 Å². The van der Waals surface area contributed by atoms with Gasteiger partial charge in [-0.05, 0) is 123 Å². The molecule has 11 amide bonds. The summed E-state index contributed by atoms with van der Waals surface area (Å²) in [5.41, 5.74) is 0.226. The third-order valence-electron chi connectivity index (χ3n) is 19.0. The molecule has 0 spiro atoms. The van der Waals surface area contributed by atoms with E-state index in [0.29, 0.717) is 32.1 Å². The summed E-state index contributed by atoms with van der Waals surface area (Å²) in [5, 5.41) is 11.2. The first kappa shape index (κ1) is 80.8. The van der Waals surface area contributed by atoms with Crippen molar-refractivity contribution in [2.45, 2.75) is 235 Å². The van der Waals surface area contributed by atoms with E-state index >= 15 is 28.8 Å². The first-order valence-electron chi connectivity index (χ1n) is 33.6. The number of piperazine rings is 1. The largest absolute Gasteiger partial charge is 0.370 e. The van der Waals surface area contributed by atoms with Crippen LogP contribution in [0.4, 0.5) is 0 Å². The molecule has 2 bridgehead atoms. The zero-order valence-electron chi connectivity index (χ0n) is 60.8. The summed E-state index contributed by atoms with van der Waals surface area (Å²) >= 11 is 0. The summed E-state index contributed by atoms with van der Waals surface area (Å²) in [7, 11) is 10.2. The molecule has 25 nitrogen and oxygen atoms in total. The predicted octanol–water partition coefficient (Wildman–Crippen LogP) is 2.96. The van der Waals surface area contributed by atoms with Gasteiger partial charge >= 0.3 is 0 Å². The predicted molar refractivity (Wildman–Crippen MR) is 359 cm³/mol. The number of carbonyl (C=O) groups is 11. The van der Waals surface area contributed by atoms with Crippen molar-refractivity contribution in [2.75, 3.05) is 82.1 Å². The fourth-order valence-corrected chi connectivity index (χ4v) is 12.9. The van der Waals surface area contributed by atoms with E-state index in [4.69, 9.17) is 4.74 Å². The molecule has 0 saturated carbocycles. The molecule has 0 aliphatic carbocycles. The van der Waals surface area contributed by atoms with E-state index in [1.165, 1.54) is 104 Å². The highest BCUT2D eigenvalue weighted by Crippen LogP contribution is 2.30. The summed E-state index contributed by atoms with van der Waals surface area (Å²) in [6.45, 7) is 37.8. The highest BCUT2D eigenvalue weighted by molar-refractivity contribution is 6.00. The van der Waals surface area contributed by atoms with E-state index in [-0.39, 0.29) is 49.0 Å². The van der Waals surface area contributed by atoms with Gasteiger partial charge in [0, 0.05) is 88.1 Å². The second-order valence-electron chi connectivity index (χ2n) is 28.3. The normalized spacial score (nSPS) is 29.9. The van der Waals surface area contributed by atoms with Crippen LogP contribution in [0.2, 0.25) is 0 Å². The van der Waals surface area contributed by atoms with Gasteiger partial charge in [0.05, 0.1) is 12.2 Å².